The first-order chi connectivity index (χ1) is 12.2. The number of rotatable bonds is 3. The van der Waals surface area contributed by atoms with E-state index in [9.17, 15) is 9.18 Å². The average molecular weight is 362 g/mol. The molecule has 2 aromatic rings. The van der Waals surface area contributed by atoms with Gasteiger partial charge in [-0.3, -0.25) is 0 Å². The number of thiophene rings is 1. The van der Waals surface area contributed by atoms with Crippen molar-refractivity contribution < 1.29 is 18.7 Å². The Kier molecular flexibility index (Phi) is 4.59. The number of hydrogen-bond donors (Lipinski definition) is 1. The molecule has 0 bridgehead atoms. The number of ether oxygens (including phenoxy) is 2. The van der Waals surface area contributed by atoms with Crippen LogP contribution in [0, 0.1) is 5.82 Å². The minimum atomic E-state index is -0.310. The number of fused-ring (bicyclic) bond motifs is 2. The zero-order valence-electron chi connectivity index (χ0n) is 13.7. The quantitative estimate of drug-likeness (QED) is 0.913. The standard InChI is InChI=1S/C18H19FN2O3S/c19-15-7-12(17-14(8-15)10-23-11-24-17)1-4-20-18(22)21-5-2-16-13(9-21)3-6-25-16/h3,6-8H,1-2,4-5,9-11H2,(H,20,22). The minimum absolute atomic E-state index is 0.0774. The van der Waals surface area contributed by atoms with E-state index in [0.717, 1.165) is 18.5 Å². The smallest absolute Gasteiger partial charge is 0.317 e. The maximum absolute atomic E-state index is 13.7. The highest BCUT2D eigenvalue weighted by atomic mass is 32.1. The zero-order chi connectivity index (χ0) is 17.2. The van der Waals surface area contributed by atoms with E-state index in [-0.39, 0.29) is 18.6 Å². The lowest BCUT2D eigenvalue weighted by Crippen LogP contribution is -2.43. The number of carbonyl (C=O) groups excluding carboxylic acids is 1. The van der Waals surface area contributed by atoms with Crippen molar-refractivity contribution in [2.75, 3.05) is 19.9 Å². The molecule has 0 fully saturated rings. The molecule has 0 saturated carbocycles. The Labute approximate surface area is 149 Å². The van der Waals surface area contributed by atoms with E-state index in [1.54, 1.807) is 11.3 Å². The summed E-state index contributed by atoms with van der Waals surface area (Å²) in [4.78, 5) is 15.6. The Morgan fingerprint density at radius 3 is 3.20 bits per heavy atom. The van der Waals surface area contributed by atoms with Crippen LogP contribution in [0.4, 0.5) is 9.18 Å². The fourth-order valence-electron chi connectivity index (χ4n) is 3.28. The van der Waals surface area contributed by atoms with E-state index < -0.39 is 0 Å². The van der Waals surface area contributed by atoms with Crippen LogP contribution in [0.3, 0.4) is 0 Å². The van der Waals surface area contributed by atoms with Crippen LogP contribution in [-0.4, -0.2) is 30.8 Å². The molecule has 7 heteroatoms. The number of benzene rings is 1. The molecule has 2 amide bonds. The third-order valence-electron chi connectivity index (χ3n) is 4.52. The Balaban J connectivity index is 1.35. The first kappa shape index (κ1) is 16.4. The Morgan fingerprint density at radius 2 is 2.28 bits per heavy atom. The SMILES string of the molecule is O=C(NCCc1cc(F)cc2c1OCOC2)N1CCc2sccc2C1. The lowest BCUT2D eigenvalue weighted by molar-refractivity contribution is -0.0172. The van der Waals surface area contributed by atoms with Gasteiger partial charge in [0.25, 0.3) is 0 Å². The van der Waals surface area contributed by atoms with Crippen LogP contribution in [-0.2, 0) is 30.7 Å². The van der Waals surface area contributed by atoms with Crippen molar-refractivity contribution in [2.45, 2.75) is 26.0 Å². The van der Waals surface area contributed by atoms with E-state index >= 15 is 0 Å². The molecule has 2 aliphatic heterocycles. The van der Waals surface area contributed by atoms with Crippen LogP contribution in [0.5, 0.6) is 5.75 Å². The second-order valence-corrected chi connectivity index (χ2v) is 7.19. The molecule has 1 N–H and O–H groups in total. The highest BCUT2D eigenvalue weighted by Gasteiger charge is 2.21. The number of nitrogens with zero attached hydrogens (tertiary/aromatic N) is 1. The summed E-state index contributed by atoms with van der Waals surface area (Å²) < 4.78 is 24.4. The highest BCUT2D eigenvalue weighted by Crippen LogP contribution is 2.29. The molecule has 0 unspecified atom stereocenters. The fraction of sp³-hybridized carbons (Fsp3) is 0.389. The minimum Gasteiger partial charge on any atom is -0.467 e. The van der Waals surface area contributed by atoms with Crippen molar-refractivity contribution in [2.24, 2.45) is 0 Å². The summed E-state index contributed by atoms with van der Waals surface area (Å²) in [6.45, 7) is 2.35. The maximum Gasteiger partial charge on any atom is 0.317 e. The van der Waals surface area contributed by atoms with Gasteiger partial charge in [0.1, 0.15) is 11.6 Å². The molecule has 132 valence electrons. The topological polar surface area (TPSA) is 50.8 Å². The second-order valence-electron chi connectivity index (χ2n) is 6.19. The average Bonchev–Trinajstić information content (AvgIpc) is 3.09. The molecule has 0 saturated heterocycles. The summed E-state index contributed by atoms with van der Waals surface area (Å²) in [5.41, 5.74) is 2.71. The lowest BCUT2D eigenvalue weighted by atomic mass is 10.1. The molecular weight excluding hydrogens is 343 g/mol. The van der Waals surface area contributed by atoms with Gasteiger partial charge in [0.15, 0.2) is 6.79 Å². The Morgan fingerprint density at radius 1 is 1.36 bits per heavy atom. The number of halogens is 1. The second kappa shape index (κ2) is 7.01. The van der Waals surface area contributed by atoms with Gasteiger partial charge in [-0.2, -0.15) is 0 Å². The van der Waals surface area contributed by atoms with Crippen LogP contribution in [0.25, 0.3) is 0 Å². The molecule has 2 aliphatic rings. The van der Waals surface area contributed by atoms with Crippen molar-refractivity contribution in [1.82, 2.24) is 10.2 Å². The van der Waals surface area contributed by atoms with Crippen LogP contribution in [0.1, 0.15) is 21.6 Å². The summed E-state index contributed by atoms with van der Waals surface area (Å²) in [5, 5.41) is 5.00. The van der Waals surface area contributed by atoms with Crippen LogP contribution >= 0.6 is 11.3 Å². The van der Waals surface area contributed by atoms with Gasteiger partial charge in [-0.15, -0.1) is 11.3 Å². The molecule has 25 heavy (non-hydrogen) atoms. The first-order valence-electron chi connectivity index (χ1n) is 8.30. The van der Waals surface area contributed by atoms with Crippen molar-refractivity contribution >= 4 is 17.4 Å². The van der Waals surface area contributed by atoms with Gasteiger partial charge < -0.3 is 19.7 Å². The van der Waals surface area contributed by atoms with E-state index in [2.05, 4.69) is 16.8 Å². The first-order valence-corrected chi connectivity index (χ1v) is 9.18. The molecule has 0 aliphatic carbocycles. The van der Waals surface area contributed by atoms with Crippen LogP contribution in [0.2, 0.25) is 0 Å². The van der Waals surface area contributed by atoms with E-state index in [4.69, 9.17) is 9.47 Å². The van der Waals surface area contributed by atoms with Crippen LogP contribution < -0.4 is 10.1 Å². The maximum atomic E-state index is 13.7. The number of amides is 2. The van der Waals surface area contributed by atoms with Gasteiger partial charge in [-0.25, -0.2) is 9.18 Å². The van der Waals surface area contributed by atoms with Crippen molar-refractivity contribution in [3.63, 3.8) is 0 Å². The number of carbonyl (C=O) groups is 1. The molecule has 4 rings (SSSR count). The van der Waals surface area contributed by atoms with Gasteiger partial charge in [0.2, 0.25) is 0 Å². The summed E-state index contributed by atoms with van der Waals surface area (Å²) in [5.74, 6) is 0.373. The molecule has 0 spiro atoms. The predicted molar refractivity (Wildman–Crippen MR) is 92.2 cm³/mol. The Hall–Kier alpha value is -2.12. The summed E-state index contributed by atoms with van der Waals surface area (Å²) in [7, 11) is 0. The predicted octanol–water partition coefficient (Wildman–Crippen LogP) is 3.06. The van der Waals surface area contributed by atoms with Gasteiger partial charge >= 0.3 is 6.03 Å². The van der Waals surface area contributed by atoms with Crippen molar-refractivity contribution in [3.05, 3.63) is 51.0 Å². The van der Waals surface area contributed by atoms with Gasteiger partial charge in [-0.05, 0) is 47.5 Å². The van der Waals surface area contributed by atoms with E-state index in [1.807, 2.05) is 4.90 Å². The fourth-order valence-corrected chi connectivity index (χ4v) is 4.17. The molecule has 5 nitrogen and oxygen atoms in total. The molecule has 3 heterocycles. The summed E-state index contributed by atoms with van der Waals surface area (Å²) in [6.07, 6.45) is 1.43. The third-order valence-corrected chi connectivity index (χ3v) is 5.54. The largest absolute Gasteiger partial charge is 0.467 e. The highest BCUT2D eigenvalue weighted by molar-refractivity contribution is 7.10. The number of hydrogen-bond acceptors (Lipinski definition) is 4. The van der Waals surface area contributed by atoms with Crippen molar-refractivity contribution in [1.29, 1.82) is 0 Å². The molecule has 1 aromatic carbocycles. The van der Waals surface area contributed by atoms with Gasteiger partial charge in [-0.1, -0.05) is 0 Å². The summed E-state index contributed by atoms with van der Waals surface area (Å²) >= 11 is 1.75. The normalized spacial score (nSPS) is 16.0. The van der Waals surface area contributed by atoms with E-state index in [1.165, 1.54) is 22.6 Å². The molecule has 0 atom stereocenters. The molecule has 1 aromatic heterocycles. The summed E-state index contributed by atoms with van der Waals surface area (Å²) in [6, 6.07) is 4.90. The number of nitrogens with one attached hydrogen (secondary N) is 1. The van der Waals surface area contributed by atoms with Crippen LogP contribution in [0.15, 0.2) is 23.6 Å². The molecule has 0 radical (unpaired) electrons. The van der Waals surface area contributed by atoms with Gasteiger partial charge in [0, 0.05) is 30.1 Å². The third kappa shape index (κ3) is 3.48. The lowest BCUT2D eigenvalue weighted by Gasteiger charge is -2.27. The Bertz CT molecular complexity index is 793. The van der Waals surface area contributed by atoms with Crippen molar-refractivity contribution in [3.8, 4) is 5.75 Å². The monoisotopic (exact) mass is 362 g/mol. The molecular formula is C18H19FN2O3S. The van der Waals surface area contributed by atoms with E-state index in [0.29, 0.717) is 37.4 Å². The zero-order valence-corrected chi connectivity index (χ0v) is 14.5. The number of urea groups is 1. The van der Waals surface area contributed by atoms with Gasteiger partial charge in [0.05, 0.1) is 6.61 Å².